The van der Waals surface area contributed by atoms with E-state index in [0.717, 1.165) is 5.57 Å². The van der Waals surface area contributed by atoms with Crippen LogP contribution in [0.5, 0.6) is 5.75 Å². The maximum absolute atomic E-state index is 13.1. The van der Waals surface area contributed by atoms with Crippen LogP contribution >= 0.6 is 0 Å². The van der Waals surface area contributed by atoms with Gasteiger partial charge in [-0.2, -0.15) is 0 Å². The Morgan fingerprint density at radius 2 is 1.73 bits per heavy atom. The van der Waals surface area contributed by atoms with Crippen molar-refractivity contribution in [1.29, 1.82) is 0 Å². The van der Waals surface area contributed by atoms with Crippen LogP contribution in [-0.4, -0.2) is 52.9 Å². The number of allylic oxidation sites excluding steroid dienone is 3. The van der Waals surface area contributed by atoms with Crippen molar-refractivity contribution in [3.8, 4) is 5.75 Å². The number of ether oxygens (including phenoxy) is 4. The van der Waals surface area contributed by atoms with Crippen molar-refractivity contribution in [1.82, 2.24) is 0 Å². The van der Waals surface area contributed by atoms with Gasteiger partial charge >= 0.3 is 17.9 Å². The fourth-order valence-electron chi connectivity index (χ4n) is 6.67. The minimum atomic E-state index is -1.24. The van der Waals surface area contributed by atoms with E-state index < -0.39 is 59.4 Å². The Morgan fingerprint density at radius 1 is 1.07 bits per heavy atom. The van der Waals surface area contributed by atoms with Crippen LogP contribution in [0.25, 0.3) is 0 Å². The molecule has 1 heterocycles. The van der Waals surface area contributed by atoms with Crippen molar-refractivity contribution in [3.05, 3.63) is 65.8 Å². The summed E-state index contributed by atoms with van der Waals surface area (Å²) in [6.07, 6.45) is 2.62. The number of esters is 3. The second-order valence-corrected chi connectivity index (χ2v) is 11.4. The van der Waals surface area contributed by atoms with Gasteiger partial charge in [-0.25, -0.2) is 4.79 Å². The third kappa shape index (κ3) is 5.20. The van der Waals surface area contributed by atoms with E-state index in [-0.39, 0.29) is 17.2 Å². The van der Waals surface area contributed by atoms with Crippen molar-refractivity contribution in [3.63, 3.8) is 0 Å². The average molecular weight is 555 g/mol. The van der Waals surface area contributed by atoms with E-state index >= 15 is 0 Å². The topological polar surface area (TPSA) is 129 Å². The Balaban J connectivity index is 1.86. The van der Waals surface area contributed by atoms with Crippen LogP contribution < -0.4 is 0 Å². The number of aromatic hydroxyl groups is 1. The molecular formula is C31H38O9. The van der Waals surface area contributed by atoms with Crippen molar-refractivity contribution in [2.45, 2.75) is 78.7 Å². The van der Waals surface area contributed by atoms with Crippen LogP contribution in [0.1, 0.15) is 64.2 Å². The summed E-state index contributed by atoms with van der Waals surface area (Å²) in [4.78, 5) is 37.4. The lowest BCUT2D eigenvalue weighted by Crippen LogP contribution is -2.63. The molecule has 4 rings (SSSR count). The molecule has 1 aromatic carbocycles. The summed E-state index contributed by atoms with van der Waals surface area (Å²) in [6, 6.07) is 5.73. The Morgan fingerprint density at radius 3 is 2.33 bits per heavy atom. The van der Waals surface area contributed by atoms with Gasteiger partial charge in [-0.15, -0.1) is 0 Å². The number of rotatable bonds is 7. The van der Waals surface area contributed by atoms with Crippen molar-refractivity contribution >= 4 is 17.9 Å². The van der Waals surface area contributed by atoms with E-state index in [9.17, 15) is 24.6 Å². The summed E-state index contributed by atoms with van der Waals surface area (Å²) in [7, 11) is 0. The molecule has 1 aliphatic heterocycles. The van der Waals surface area contributed by atoms with Crippen molar-refractivity contribution < 1.29 is 43.5 Å². The van der Waals surface area contributed by atoms with Gasteiger partial charge in [0, 0.05) is 19.4 Å². The van der Waals surface area contributed by atoms with E-state index in [1.165, 1.54) is 38.1 Å². The predicted molar refractivity (Wildman–Crippen MR) is 145 cm³/mol. The van der Waals surface area contributed by atoms with Crippen molar-refractivity contribution in [2.75, 3.05) is 0 Å². The second kappa shape index (κ2) is 11.2. The van der Waals surface area contributed by atoms with E-state index in [2.05, 4.69) is 26.5 Å². The Hall–Kier alpha value is -3.43. The smallest absolute Gasteiger partial charge is 0.338 e. The second-order valence-electron chi connectivity index (χ2n) is 11.4. The lowest BCUT2D eigenvalue weighted by atomic mass is 9.45. The standard InChI is InChI=1S/C31H38O9/c1-7-17(2)12-13-30(6)18(3)14-26(35)31-24(28(37-19(4)32)40-29(31)38-20(5)33)15-23(16-25(30)31)39-27(36)21-8-10-22(34)11-9-21/h7-12,15,18,23,25-26,28-29,34-35H,1,13-14,16H2,2-6H3/t18-,23+,25+,26+,28+,29-,30-,31-/m1/s1. The number of phenolic OH excluding ortho intramolecular Hbond substituents is 1. The molecule has 2 aliphatic carbocycles. The number of hydrogen-bond acceptors (Lipinski definition) is 9. The molecule has 0 radical (unpaired) electrons. The first-order valence-electron chi connectivity index (χ1n) is 13.5. The van der Waals surface area contributed by atoms with Crippen molar-refractivity contribution in [2.24, 2.45) is 22.7 Å². The number of phenols is 1. The molecule has 0 unspecified atom stereocenters. The van der Waals surface area contributed by atoms with E-state index in [1.54, 1.807) is 12.2 Å². The maximum atomic E-state index is 13.1. The summed E-state index contributed by atoms with van der Waals surface area (Å²) in [5, 5.41) is 21.4. The molecule has 1 saturated carbocycles. The van der Waals surface area contributed by atoms with E-state index in [4.69, 9.17) is 18.9 Å². The highest BCUT2D eigenvalue weighted by Gasteiger charge is 2.71. The van der Waals surface area contributed by atoms with Gasteiger partial charge in [0.05, 0.1) is 17.1 Å². The molecule has 9 heteroatoms. The van der Waals surface area contributed by atoms with Gasteiger partial charge in [0.15, 0.2) is 0 Å². The molecule has 3 aliphatic rings. The maximum Gasteiger partial charge on any atom is 0.338 e. The van der Waals surface area contributed by atoms with Gasteiger partial charge in [-0.05, 0) is 73.8 Å². The SMILES string of the molecule is C=CC(C)=CC[C@]1(C)[C@H](C)C[C@H](O)[C@@]23C(=C[C@H](OC(=O)c4ccc(O)cc4)C[C@@H]12)[C@@H](OC(C)=O)O[C@H]3OC(C)=O. The third-order valence-electron chi connectivity index (χ3n) is 8.94. The number of hydrogen-bond donors (Lipinski definition) is 2. The molecule has 0 aromatic heterocycles. The molecule has 8 atom stereocenters. The Bertz CT molecular complexity index is 1230. The third-order valence-corrected chi connectivity index (χ3v) is 8.94. The summed E-state index contributed by atoms with van der Waals surface area (Å²) < 4.78 is 23.2. The highest BCUT2D eigenvalue weighted by Crippen LogP contribution is 2.67. The van der Waals surface area contributed by atoms with E-state index in [0.29, 0.717) is 24.8 Å². The first-order chi connectivity index (χ1) is 18.8. The monoisotopic (exact) mass is 554 g/mol. The fourth-order valence-corrected chi connectivity index (χ4v) is 6.67. The molecular weight excluding hydrogens is 516 g/mol. The highest BCUT2D eigenvalue weighted by atomic mass is 16.8. The molecule has 0 bridgehead atoms. The number of aliphatic hydroxyl groups excluding tert-OH is 1. The zero-order chi connectivity index (χ0) is 29.4. The first kappa shape index (κ1) is 29.6. The number of benzene rings is 1. The molecule has 9 nitrogen and oxygen atoms in total. The zero-order valence-corrected chi connectivity index (χ0v) is 23.6. The lowest BCUT2D eigenvalue weighted by molar-refractivity contribution is -0.253. The summed E-state index contributed by atoms with van der Waals surface area (Å²) >= 11 is 0. The molecule has 216 valence electrons. The number of carbonyl (C=O) groups is 3. The van der Waals surface area contributed by atoms with Crippen LogP contribution in [0.3, 0.4) is 0 Å². The normalized spacial score (nSPS) is 35.0. The molecule has 1 spiro atoms. The quantitative estimate of drug-likeness (QED) is 0.215. The molecule has 1 aromatic rings. The number of carbonyl (C=O) groups excluding carboxylic acids is 3. The van der Waals surface area contributed by atoms with Crippen LogP contribution in [0.4, 0.5) is 0 Å². The predicted octanol–water partition coefficient (Wildman–Crippen LogP) is 4.59. The Labute approximate surface area is 234 Å². The fraction of sp³-hybridized carbons (Fsp3) is 0.516. The van der Waals surface area contributed by atoms with Gasteiger partial charge < -0.3 is 24.4 Å². The summed E-state index contributed by atoms with van der Waals surface area (Å²) in [5.41, 5.74) is -0.0330. The first-order valence-corrected chi connectivity index (χ1v) is 13.5. The van der Waals surface area contributed by atoms with Gasteiger partial charge in [-0.1, -0.05) is 38.2 Å². The molecule has 2 fully saturated rings. The van der Waals surface area contributed by atoms with Gasteiger partial charge in [0.2, 0.25) is 12.6 Å². The lowest BCUT2D eigenvalue weighted by Gasteiger charge is -2.60. The molecule has 0 amide bonds. The van der Waals surface area contributed by atoms with Crippen LogP contribution in [-0.2, 0) is 28.5 Å². The van der Waals surface area contributed by atoms with Crippen LogP contribution in [0, 0.1) is 22.7 Å². The minimum Gasteiger partial charge on any atom is -0.508 e. The Kier molecular flexibility index (Phi) is 8.28. The van der Waals surface area contributed by atoms with Gasteiger partial charge in [0.1, 0.15) is 11.9 Å². The zero-order valence-electron chi connectivity index (χ0n) is 23.6. The van der Waals surface area contributed by atoms with E-state index in [1.807, 2.05) is 6.92 Å². The molecule has 2 N–H and O–H groups in total. The van der Waals surface area contributed by atoms with Gasteiger partial charge in [-0.3, -0.25) is 14.3 Å². The summed E-state index contributed by atoms with van der Waals surface area (Å²) in [6.45, 7) is 12.5. The molecule has 40 heavy (non-hydrogen) atoms. The molecule has 1 saturated heterocycles. The van der Waals surface area contributed by atoms with Gasteiger partial charge in [0.25, 0.3) is 0 Å². The number of aliphatic hydroxyl groups is 1. The summed E-state index contributed by atoms with van der Waals surface area (Å²) in [5.74, 6) is -2.18. The van der Waals surface area contributed by atoms with Crippen LogP contribution in [0.2, 0.25) is 0 Å². The minimum absolute atomic E-state index is 0.0190. The van der Waals surface area contributed by atoms with Crippen LogP contribution in [0.15, 0.2) is 60.2 Å². The highest BCUT2D eigenvalue weighted by molar-refractivity contribution is 5.89. The largest absolute Gasteiger partial charge is 0.508 e. The average Bonchev–Trinajstić information content (AvgIpc) is 3.18.